The van der Waals surface area contributed by atoms with Crippen LogP contribution in [0.25, 0.3) is 0 Å². The lowest BCUT2D eigenvalue weighted by molar-refractivity contribution is -0.128. The number of rotatable bonds is 0. The molecule has 0 spiro atoms. The molecule has 5 aliphatic rings. The Morgan fingerprint density at radius 1 is 1.25 bits per heavy atom. The first-order valence-corrected chi connectivity index (χ1v) is 8.13. The Morgan fingerprint density at radius 3 is 2.88 bits per heavy atom. The van der Waals surface area contributed by atoms with Gasteiger partial charge in [0.15, 0.2) is 0 Å². The molecule has 88 valence electrons. The van der Waals surface area contributed by atoms with Crippen LogP contribution in [-0.4, -0.2) is 32.6 Å². The molecule has 0 aromatic heterocycles. The normalized spacial score (nSPS) is 74.4. The Morgan fingerprint density at radius 2 is 2.06 bits per heavy atom. The fraction of sp³-hybridized carbons (Fsp3) is 1.00. The summed E-state index contributed by atoms with van der Waals surface area (Å²) in [6.07, 6.45) is 1.48. The monoisotopic (exact) mass is 255 g/mol. The first-order chi connectivity index (χ1) is 7.55. The zero-order chi connectivity index (χ0) is 10.9. The zero-order valence-corrected chi connectivity index (χ0v) is 11.5. The molecule has 0 aromatic carbocycles. The van der Waals surface area contributed by atoms with Gasteiger partial charge in [0.2, 0.25) is 0 Å². The predicted molar refractivity (Wildman–Crippen MR) is 67.0 cm³/mol. The molecule has 4 saturated heterocycles. The first kappa shape index (κ1) is 9.54. The second-order valence-corrected chi connectivity index (χ2v) is 9.53. The van der Waals surface area contributed by atoms with Crippen LogP contribution in [0.2, 0.25) is 0 Å². The lowest BCUT2D eigenvalue weighted by Gasteiger charge is -2.41. The van der Waals surface area contributed by atoms with Crippen molar-refractivity contribution >= 4 is 23.5 Å². The number of thioether (sulfide) groups is 2. The van der Waals surface area contributed by atoms with E-state index < -0.39 is 0 Å². The number of nitrogens with zero attached hydrogens (tertiary/aromatic N) is 1. The quantitative estimate of drug-likeness (QED) is 0.659. The van der Waals surface area contributed by atoms with Crippen LogP contribution in [0.15, 0.2) is 0 Å². The minimum Gasteiger partial charge on any atom is -0.343 e. The Bertz CT molecular complexity index is 404. The second kappa shape index (κ2) is 2.36. The summed E-state index contributed by atoms with van der Waals surface area (Å²) < 4.78 is 7.39. The van der Waals surface area contributed by atoms with Crippen molar-refractivity contribution in [2.45, 2.75) is 40.9 Å². The molecule has 16 heavy (non-hydrogen) atoms. The summed E-state index contributed by atoms with van der Waals surface area (Å²) in [6, 6.07) is 0. The van der Waals surface area contributed by atoms with Gasteiger partial charge in [-0.15, -0.1) is 23.5 Å². The lowest BCUT2D eigenvalue weighted by Crippen LogP contribution is -2.48. The van der Waals surface area contributed by atoms with Crippen LogP contribution in [0, 0.1) is 23.7 Å². The van der Waals surface area contributed by atoms with E-state index in [1.807, 2.05) is 0 Å². The number of likely N-dealkylation sites (tertiary alicyclic amines) is 1. The summed E-state index contributed by atoms with van der Waals surface area (Å²) in [4.78, 5) is 2.67. The summed E-state index contributed by atoms with van der Waals surface area (Å²) in [6.45, 7) is 4.70. The highest BCUT2D eigenvalue weighted by Gasteiger charge is 2.79. The molecule has 5 rings (SSSR count). The van der Waals surface area contributed by atoms with Gasteiger partial charge in [0.1, 0.15) is 10.7 Å². The average molecular weight is 255 g/mol. The predicted octanol–water partition coefficient (Wildman–Crippen LogP) is 2.41. The second-order valence-electron chi connectivity index (χ2n) is 6.41. The summed E-state index contributed by atoms with van der Waals surface area (Å²) >= 11 is 4.38. The molecular formula is C12H17NOS2. The summed E-state index contributed by atoms with van der Waals surface area (Å²) in [5, 5.41) is 0.735. The third-order valence-electron chi connectivity index (χ3n) is 5.91. The molecule has 0 radical (unpaired) electrons. The molecule has 2 nitrogen and oxygen atoms in total. The van der Waals surface area contributed by atoms with Crippen LogP contribution < -0.4 is 0 Å². The summed E-state index contributed by atoms with van der Waals surface area (Å²) in [7, 11) is 2.28. The van der Waals surface area contributed by atoms with Crippen molar-refractivity contribution in [1.29, 1.82) is 0 Å². The van der Waals surface area contributed by atoms with Crippen LogP contribution >= 0.6 is 23.5 Å². The fourth-order valence-corrected chi connectivity index (χ4v) is 9.81. The topological polar surface area (TPSA) is 12.5 Å². The number of ether oxygens (including phenoxy) is 1. The number of hydrogen-bond donors (Lipinski definition) is 0. The van der Waals surface area contributed by atoms with Gasteiger partial charge in [-0.25, -0.2) is 0 Å². The Hall–Kier alpha value is 0.620. The van der Waals surface area contributed by atoms with Crippen molar-refractivity contribution in [3.05, 3.63) is 0 Å². The molecule has 4 heterocycles. The van der Waals surface area contributed by atoms with Crippen molar-refractivity contribution in [1.82, 2.24) is 4.90 Å². The van der Waals surface area contributed by atoms with Crippen LogP contribution in [0.1, 0.15) is 20.3 Å². The maximum atomic E-state index is 6.57. The molecular weight excluding hydrogens is 238 g/mol. The highest BCUT2D eigenvalue weighted by atomic mass is 32.2. The van der Waals surface area contributed by atoms with Crippen molar-refractivity contribution < 1.29 is 4.74 Å². The summed E-state index contributed by atoms with van der Waals surface area (Å²) in [5.41, 5.74) is 0.0366. The molecule has 4 aliphatic heterocycles. The van der Waals surface area contributed by atoms with Crippen molar-refractivity contribution in [2.75, 3.05) is 7.05 Å². The van der Waals surface area contributed by atoms with Gasteiger partial charge in [0, 0.05) is 11.8 Å². The maximum absolute atomic E-state index is 6.57. The Kier molecular flexibility index (Phi) is 1.41. The minimum absolute atomic E-state index is 0.0366. The highest BCUT2D eigenvalue weighted by molar-refractivity contribution is 8.18. The van der Waals surface area contributed by atoms with E-state index in [1.165, 1.54) is 6.42 Å². The lowest BCUT2D eigenvalue weighted by atomic mass is 9.83. The largest absolute Gasteiger partial charge is 0.343 e. The van der Waals surface area contributed by atoms with Gasteiger partial charge >= 0.3 is 0 Å². The molecule has 1 aliphatic carbocycles. The van der Waals surface area contributed by atoms with Gasteiger partial charge in [0.05, 0.1) is 9.96 Å². The van der Waals surface area contributed by atoms with E-state index in [0.717, 1.165) is 33.6 Å². The van der Waals surface area contributed by atoms with Crippen LogP contribution in [0.3, 0.4) is 0 Å². The molecule has 4 heteroatoms. The van der Waals surface area contributed by atoms with E-state index in [-0.39, 0.29) is 10.7 Å². The molecule has 1 saturated carbocycles. The van der Waals surface area contributed by atoms with Crippen molar-refractivity contribution in [3.63, 3.8) is 0 Å². The molecule has 8 atom stereocenters. The maximum Gasteiger partial charge on any atom is 0.125 e. The number of hydrogen-bond acceptors (Lipinski definition) is 4. The Labute approximate surface area is 105 Å². The van der Waals surface area contributed by atoms with Crippen LogP contribution in [-0.2, 0) is 4.74 Å². The average Bonchev–Trinajstić information content (AvgIpc) is 2.80. The Balaban J connectivity index is 1.80. The van der Waals surface area contributed by atoms with E-state index in [9.17, 15) is 0 Å². The smallest absolute Gasteiger partial charge is 0.125 e. The minimum atomic E-state index is 0.0366. The SMILES string of the molecule is CN1[C@@H]2S[C@@H]3S[C@]4(C)O[C@@]1(C)[C@@H]1[C@H]2C[C@H]3[C@H]14. The van der Waals surface area contributed by atoms with Crippen LogP contribution in [0.4, 0.5) is 0 Å². The fourth-order valence-electron chi connectivity index (χ4n) is 5.43. The van der Waals surface area contributed by atoms with Crippen molar-refractivity contribution in [3.8, 4) is 0 Å². The van der Waals surface area contributed by atoms with Gasteiger partial charge in [-0.3, -0.25) is 4.90 Å². The molecule has 0 aromatic rings. The van der Waals surface area contributed by atoms with Gasteiger partial charge < -0.3 is 4.74 Å². The third kappa shape index (κ3) is 0.714. The third-order valence-corrected chi connectivity index (χ3v) is 9.50. The van der Waals surface area contributed by atoms with Crippen molar-refractivity contribution in [2.24, 2.45) is 23.7 Å². The summed E-state index contributed by atoms with van der Waals surface area (Å²) in [5.74, 6) is 3.50. The molecule has 2 bridgehead atoms. The van der Waals surface area contributed by atoms with Gasteiger partial charge in [-0.2, -0.15) is 0 Å². The zero-order valence-electron chi connectivity index (χ0n) is 9.84. The van der Waals surface area contributed by atoms with E-state index >= 15 is 0 Å². The van der Waals surface area contributed by atoms with E-state index in [2.05, 4.69) is 49.3 Å². The van der Waals surface area contributed by atoms with Gasteiger partial charge in [-0.1, -0.05) is 0 Å². The molecule has 0 amide bonds. The standard InChI is InChI=1S/C12H17NOS2/c1-11-7-5-4-6-8(7)12(2,14-11)16-10(6)15-9(5)13(11)3/h5-10H,4H2,1-3H3/t5-,6+,7-,8-,9-,10-,11+,12+/m1/s1. The van der Waals surface area contributed by atoms with Gasteiger partial charge in [-0.05, 0) is 39.2 Å². The molecule has 0 N–H and O–H groups in total. The highest BCUT2D eigenvalue weighted by Crippen LogP contribution is 2.79. The van der Waals surface area contributed by atoms with Crippen LogP contribution in [0.5, 0.6) is 0 Å². The van der Waals surface area contributed by atoms with Gasteiger partial charge in [0.25, 0.3) is 0 Å². The first-order valence-electron chi connectivity index (χ1n) is 6.31. The molecule has 5 fully saturated rings. The van der Waals surface area contributed by atoms with E-state index in [1.54, 1.807) is 0 Å². The van der Waals surface area contributed by atoms with E-state index in [0.29, 0.717) is 0 Å². The molecule has 0 unspecified atom stereocenters. The van der Waals surface area contributed by atoms with E-state index in [4.69, 9.17) is 4.74 Å².